The molecule has 0 saturated heterocycles. The maximum absolute atomic E-state index is 13.2. The van der Waals surface area contributed by atoms with Crippen LogP contribution in [0.2, 0.25) is 0 Å². The van der Waals surface area contributed by atoms with E-state index in [1.807, 2.05) is 23.7 Å². The van der Waals surface area contributed by atoms with Crippen molar-refractivity contribution in [1.29, 1.82) is 0 Å². The van der Waals surface area contributed by atoms with Crippen LogP contribution in [0.1, 0.15) is 74.5 Å². The van der Waals surface area contributed by atoms with E-state index in [1.54, 1.807) is 0 Å². The Kier molecular flexibility index (Phi) is 7.79. The molecule has 2 aromatic carbocycles. The molecule has 7 nitrogen and oxygen atoms in total. The highest BCUT2D eigenvalue weighted by Gasteiger charge is 2.34. The highest BCUT2D eigenvalue weighted by atomic mass is 16.1. The van der Waals surface area contributed by atoms with E-state index in [1.165, 1.54) is 24.8 Å². The third kappa shape index (κ3) is 5.82. The first kappa shape index (κ1) is 25.3. The molecule has 37 heavy (non-hydrogen) atoms. The van der Waals surface area contributed by atoms with Gasteiger partial charge in [-0.15, -0.1) is 5.10 Å². The van der Waals surface area contributed by atoms with E-state index in [4.69, 9.17) is 0 Å². The third-order valence-electron chi connectivity index (χ3n) is 7.74. The number of nitrogens with zero attached hydrogens (tertiary/aromatic N) is 5. The molecule has 1 saturated carbocycles. The first-order chi connectivity index (χ1) is 18.0. The maximum atomic E-state index is 13.2. The van der Waals surface area contributed by atoms with E-state index in [0.29, 0.717) is 12.6 Å². The van der Waals surface area contributed by atoms with Crippen LogP contribution in [0.3, 0.4) is 0 Å². The fourth-order valence-electron chi connectivity index (χ4n) is 5.83. The van der Waals surface area contributed by atoms with Crippen molar-refractivity contribution in [1.82, 2.24) is 30.1 Å². The minimum absolute atomic E-state index is 0.00918. The fraction of sp³-hybridized carbons (Fsp3) is 0.467. The molecule has 0 bridgehead atoms. The summed E-state index contributed by atoms with van der Waals surface area (Å²) in [5.41, 5.74) is 4.10. The minimum Gasteiger partial charge on any atom is -0.322 e. The summed E-state index contributed by atoms with van der Waals surface area (Å²) in [6.45, 7) is 7.84. The second kappa shape index (κ2) is 11.4. The van der Waals surface area contributed by atoms with Crippen LogP contribution in [0, 0.1) is 12.8 Å². The van der Waals surface area contributed by atoms with Crippen LogP contribution in [-0.4, -0.2) is 36.1 Å². The predicted octanol–water partition coefficient (Wildman–Crippen LogP) is 5.60. The second-order valence-corrected chi connectivity index (χ2v) is 10.9. The molecule has 0 unspecified atom stereocenters. The highest BCUT2D eigenvalue weighted by molar-refractivity contribution is 5.79. The van der Waals surface area contributed by atoms with Crippen molar-refractivity contribution >= 4 is 10.9 Å². The number of aromatic amines is 1. The van der Waals surface area contributed by atoms with Crippen LogP contribution in [0.4, 0.5) is 0 Å². The third-order valence-corrected chi connectivity index (χ3v) is 7.74. The van der Waals surface area contributed by atoms with E-state index in [2.05, 4.69) is 81.7 Å². The molecule has 4 aromatic rings. The van der Waals surface area contributed by atoms with Crippen LogP contribution < -0.4 is 5.56 Å². The van der Waals surface area contributed by atoms with Crippen molar-refractivity contribution in [2.75, 3.05) is 0 Å². The fourth-order valence-corrected chi connectivity index (χ4v) is 5.83. The van der Waals surface area contributed by atoms with Crippen LogP contribution in [0.5, 0.6) is 0 Å². The van der Waals surface area contributed by atoms with Gasteiger partial charge in [-0.2, -0.15) is 0 Å². The zero-order chi connectivity index (χ0) is 25.8. The predicted molar refractivity (Wildman–Crippen MR) is 147 cm³/mol. The van der Waals surface area contributed by atoms with Gasteiger partial charge in [0.2, 0.25) is 0 Å². The van der Waals surface area contributed by atoms with E-state index in [0.717, 1.165) is 53.7 Å². The molecule has 1 fully saturated rings. The molecule has 1 atom stereocenters. The number of pyridine rings is 1. The molecule has 1 N–H and O–H groups in total. The Balaban J connectivity index is 1.49. The molecule has 194 valence electrons. The number of rotatable bonds is 9. The van der Waals surface area contributed by atoms with Gasteiger partial charge in [0, 0.05) is 30.2 Å². The molecule has 2 heterocycles. The quantitative estimate of drug-likeness (QED) is 0.325. The zero-order valence-electron chi connectivity index (χ0n) is 22.2. The Labute approximate surface area is 218 Å². The molecule has 1 aliphatic carbocycles. The Hall–Kier alpha value is -3.32. The van der Waals surface area contributed by atoms with Crippen molar-refractivity contribution < 1.29 is 0 Å². The normalized spacial score (nSPS) is 15.6. The molecule has 0 radical (unpaired) electrons. The number of benzene rings is 2. The molecule has 2 aromatic heterocycles. The van der Waals surface area contributed by atoms with Crippen LogP contribution in [0.15, 0.2) is 59.4 Å². The molecule has 1 aliphatic rings. The Morgan fingerprint density at radius 2 is 1.84 bits per heavy atom. The SMILES string of the molecule is Cc1ccc2cc(CN(C3CCCCC3)[C@@H](c3nnnn3CCc3ccccc3)C(C)C)c(=O)[nH]c2c1. The first-order valence-corrected chi connectivity index (χ1v) is 13.7. The van der Waals surface area contributed by atoms with Crippen molar-refractivity contribution in [3.63, 3.8) is 0 Å². The number of nitrogens with one attached hydrogen (secondary N) is 1. The minimum atomic E-state index is -0.00918. The summed E-state index contributed by atoms with van der Waals surface area (Å²) in [4.78, 5) is 18.9. The molecular formula is C30H38N6O. The maximum Gasteiger partial charge on any atom is 0.252 e. The van der Waals surface area contributed by atoms with Gasteiger partial charge in [0.15, 0.2) is 5.82 Å². The molecular weight excluding hydrogens is 460 g/mol. The van der Waals surface area contributed by atoms with E-state index < -0.39 is 0 Å². The Bertz CT molecular complexity index is 1370. The van der Waals surface area contributed by atoms with Gasteiger partial charge >= 0.3 is 0 Å². The average molecular weight is 499 g/mol. The van der Waals surface area contributed by atoms with E-state index >= 15 is 0 Å². The lowest BCUT2D eigenvalue weighted by molar-refractivity contribution is 0.0608. The van der Waals surface area contributed by atoms with Crippen molar-refractivity contribution in [3.05, 3.63) is 87.5 Å². The summed E-state index contributed by atoms with van der Waals surface area (Å²) in [6, 6.07) is 19.2. The summed E-state index contributed by atoms with van der Waals surface area (Å²) in [5.74, 6) is 1.18. The molecule has 5 rings (SSSR count). The van der Waals surface area contributed by atoms with E-state index in [-0.39, 0.29) is 17.5 Å². The van der Waals surface area contributed by atoms with Gasteiger partial charge in [-0.1, -0.05) is 75.6 Å². The summed E-state index contributed by atoms with van der Waals surface area (Å²) in [7, 11) is 0. The standard InChI is InChI=1S/C30H38N6O/c1-21(2)28(29-32-33-34-36(29)17-16-23-10-6-4-7-11-23)35(26-12-8-5-9-13-26)20-25-19-24-15-14-22(3)18-27(24)31-30(25)37/h4,6-7,10-11,14-15,18-19,21,26,28H,5,8-9,12-13,16-17,20H2,1-3H3,(H,31,37)/t28-/m1/s1. The van der Waals surface area contributed by atoms with Gasteiger partial charge < -0.3 is 4.98 Å². The number of H-pyrrole nitrogens is 1. The largest absolute Gasteiger partial charge is 0.322 e. The smallest absolute Gasteiger partial charge is 0.252 e. The topological polar surface area (TPSA) is 79.7 Å². The summed E-state index contributed by atoms with van der Waals surface area (Å²) >= 11 is 0. The van der Waals surface area contributed by atoms with Crippen molar-refractivity contribution in [2.24, 2.45) is 5.92 Å². The monoisotopic (exact) mass is 498 g/mol. The summed E-state index contributed by atoms with van der Waals surface area (Å²) in [5, 5.41) is 14.1. The number of fused-ring (bicyclic) bond motifs is 1. The van der Waals surface area contributed by atoms with Gasteiger partial charge in [0.1, 0.15) is 0 Å². The van der Waals surface area contributed by atoms with Gasteiger partial charge in [0.25, 0.3) is 5.56 Å². The summed E-state index contributed by atoms with van der Waals surface area (Å²) in [6.07, 6.45) is 6.87. The first-order valence-electron chi connectivity index (χ1n) is 13.7. The van der Waals surface area contributed by atoms with Crippen molar-refractivity contribution in [3.8, 4) is 0 Å². The number of hydrogen-bond acceptors (Lipinski definition) is 5. The van der Waals surface area contributed by atoms with Gasteiger partial charge in [-0.3, -0.25) is 9.69 Å². The number of aromatic nitrogens is 5. The Morgan fingerprint density at radius 1 is 1.05 bits per heavy atom. The highest BCUT2D eigenvalue weighted by Crippen LogP contribution is 2.35. The molecule has 0 amide bonds. The lowest BCUT2D eigenvalue weighted by Gasteiger charge is -2.41. The summed E-state index contributed by atoms with van der Waals surface area (Å²) < 4.78 is 1.97. The van der Waals surface area contributed by atoms with Gasteiger partial charge in [0.05, 0.1) is 6.04 Å². The molecule has 7 heteroatoms. The van der Waals surface area contributed by atoms with Crippen LogP contribution in [-0.2, 0) is 19.5 Å². The Morgan fingerprint density at radius 3 is 2.59 bits per heavy atom. The second-order valence-electron chi connectivity index (χ2n) is 10.9. The van der Waals surface area contributed by atoms with Crippen LogP contribution in [0.25, 0.3) is 10.9 Å². The zero-order valence-corrected chi connectivity index (χ0v) is 22.2. The van der Waals surface area contributed by atoms with Crippen molar-refractivity contribution in [2.45, 2.75) is 84.5 Å². The molecule has 0 aliphatic heterocycles. The number of aryl methyl sites for hydroxylation is 3. The van der Waals surface area contributed by atoms with Gasteiger partial charge in [-0.05, 0) is 71.2 Å². The van der Waals surface area contributed by atoms with Gasteiger partial charge in [-0.25, -0.2) is 4.68 Å². The average Bonchev–Trinajstić information content (AvgIpc) is 3.36. The number of tetrazole rings is 1. The van der Waals surface area contributed by atoms with E-state index in [9.17, 15) is 4.79 Å². The lowest BCUT2D eigenvalue weighted by Crippen LogP contribution is -2.43. The molecule has 0 spiro atoms. The number of hydrogen-bond donors (Lipinski definition) is 1. The lowest BCUT2D eigenvalue weighted by atomic mass is 9.90. The van der Waals surface area contributed by atoms with Crippen LogP contribution >= 0.6 is 0 Å².